The number of quaternary nitrogens is 1. The Hall–Kier alpha value is -3.06. The minimum absolute atomic E-state index is 0.107. The van der Waals surface area contributed by atoms with Crippen LogP contribution >= 0.6 is 0 Å². The smallest absolute Gasteiger partial charge is 0.338 e. The molecule has 0 aliphatic rings. The maximum atomic E-state index is 12.4. The second-order valence-electron chi connectivity index (χ2n) is 6.79. The quantitative estimate of drug-likeness (QED) is 0.627. The van der Waals surface area contributed by atoms with Gasteiger partial charge in [0.25, 0.3) is 5.91 Å². The van der Waals surface area contributed by atoms with Crippen LogP contribution in [0.4, 0.5) is 5.69 Å². The van der Waals surface area contributed by atoms with E-state index in [1.54, 1.807) is 45.4 Å². The Kier molecular flexibility index (Phi) is 8.03. The Bertz CT molecular complexity index is 849. The van der Waals surface area contributed by atoms with Crippen LogP contribution in [0.15, 0.2) is 36.4 Å². The molecule has 0 saturated carbocycles. The first-order chi connectivity index (χ1) is 13.9. The monoisotopic (exact) mass is 401 g/mol. The summed E-state index contributed by atoms with van der Waals surface area (Å²) in [6.45, 7) is 5.06. The summed E-state index contributed by atoms with van der Waals surface area (Å²) >= 11 is 0. The zero-order chi connectivity index (χ0) is 21.4. The van der Waals surface area contributed by atoms with Gasteiger partial charge in [0.15, 0.2) is 18.0 Å². The van der Waals surface area contributed by atoms with E-state index in [4.69, 9.17) is 14.2 Å². The number of nitrogens with one attached hydrogen (secondary N) is 2. The van der Waals surface area contributed by atoms with Gasteiger partial charge >= 0.3 is 5.97 Å². The number of ether oxygens (including phenoxy) is 3. The third-order valence-electron chi connectivity index (χ3n) is 4.48. The van der Waals surface area contributed by atoms with E-state index in [1.807, 2.05) is 26.1 Å². The predicted octanol–water partition coefficient (Wildman–Crippen LogP) is 1.84. The summed E-state index contributed by atoms with van der Waals surface area (Å²) in [6, 6.07) is 10.5. The molecule has 0 spiro atoms. The number of carbonyl (C=O) groups is 2. The normalized spacial score (nSPS) is 11.5. The average Bonchev–Trinajstić information content (AvgIpc) is 2.69. The predicted molar refractivity (Wildman–Crippen MR) is 111 cm³/mol. The van der Waals surface area contributed by atoms with Crippen LogP contribution in [0.1, 0.15) is 28.4 Å². The molecule has 2 aromatic rings. The van der Waals surface area contributed by atoms with Gasteiger partial charge in [-0.3, -0.25) is 4.79 Å². The van der Waals surface area contributed by atoms with E-state index in [0.29, 0.717) is 42.4 Å². The second-order valence-corrected chi connectivity index (χ2v) is 6.79. The molecular formula is C22H29N2O5+. The Morgan fingerprint density at radius 2 is 1.66 bits per heavy atom. The molecule has 156 valence electrons. The third-order valence-corrected chi connectivity index (χ3v) is 4.48. The van der Waals surface area contributed by atoms with Crippen molar-refractivity contribution >= 4 is 17.6 Å². The lowest BCUT2D eigenvalue weighted by Gasteiger charge is -2.17. The molecule has 1 unspecified atom stereocenters. The van der Waals surface area contributed by atoms with Crippen LogP contribution in [0.2, 0.25) is 0 Å². The lowest BCUT2D eigenvalue weighted by molar-refractivity contribution is -0.885. The van der Waals surface area contributed by atoms with Crippen molar-refractivity contribution in [3.05, 3.63) is 53.1 Å². The number of amides is 1. The van der Waals surface area contributed by atoms with E-state index in [9.17, 15) is 9.59 Å². The van der Waals surface area contributed by atoms with Crippen LogP contribution in [0.25, 0.3) is 0 Å². The Morgan fingerprint density at radius 1 is 1.03 bits per heavy atom. The largest absolute Gasteiger partial charge is 0.493 e. The number of hydrogen-bond donors (Lipinski definition) is 2. The van der Waals surface area contributed by atoms with Crippen LogP contribution in [-0.2, 0) is 16.1 Å². The Balaban J connectivity index is 1.95. The molecule has 2 N–H and O–H groups in total. The number of carbonyl (C=O) groups excluding carboxylic acids is 2. The maximum absolute atomic E-state index is 12.4. The molecule has 0 fully saturated rings. The van der Waals surface area contributed by atoms with Gasteiger partial charge in [-0.25, -0.2) is 4.79 Å². The molecule has 0 bridgehead atoms. The van der Waals surface area contributed by atoms with Gasteiger partial charge in [-0.15, -0.1) is 0 Å². The number of hydrogen-bond acceptors (Lipinski definition) is 5. The van der Waals surface area contributed by atoms with Crippen molar-refractivity contribution in [2.45, 2.75) is 20.4 Å². The van der Waals surface area contributed by atoms with Crippen molar-refractivity contribution in [1.82, 2.24) is 0 Å². The fourth-order valence-electron chi connectivity index (χ4n) is 2.98. The maximum Gasteiger partial charge on any atom is 0.338 e. The number of rotatable bonds is 9. The minimum Gasteiger partial charge on any atom is -0.493 e. The molecule has 0 radical (unpaired) electrons. The molecule has 0 aliphatic carbocycles. The molecule has 2 aromatic carbocycles. The molecular weight excluding hydrogens is 372 g/mol. The summed E-state index contributed by atoms with van der Waals surface area (Å²) in [5, 5.41) is 2.86. The Labute approximate surface area is 171 Å². The lowest BCUT2D eigenvalue weighted by Crippen LogP contribution is -3.08. The van der Waals surface area contributed by atoms with Crippen LogP contribution in [0.3, 0.4) is 0 Å². The summed E-state index contributed by atoms with van der Waals surface area (Å²) < 4.78 is 15.6. The van der Waals surface area contributed by atoms with E-state index in [1.165, 1.54) is 0 Å². The fraction of sp³-hybridized carbons (Fsp3) is 0.364. The fourth-order valence-corrected chi connectivity index (χ4v) is 2.98. The third kappa shape index (κ3) is 6.22. The summed E-state index contributed by atoms with van der Waals surface area (Å²) in [4.78, 5) is 25.1. The van der Waals surface area contributed by atoms with Gasteiger partial charge in [-0.2, -0.15) is 0 Å². The van der Waals surface area contributed by atoms with E-state index >= 15 is 0 Å². The molecule has 0 saturated heterocycles. The number of anilines is 1. The van der Waals surface area contributed by atoms with Crippen LogP contribution in [-0.4, -0.2) is 46.3 Å². The first-order valence-electron chi connectivity index (χ1n) is 9.47. The summed E-state index contributed by atoms with van der Waals surface area (Å²) in [6.07, 6.45) is 0. The molecule has 0 aliphatic heterocycles. The van der Waals surface area contributed by atoms with Gasteiger partial charge in [0.2, 0.25) is 0 Å². The van der Waals surface area contributed by atoms with Crippen molar-refractivity contribution in [3.63, 3.8) is 0 Å². The van der Waals surface area contributed by atoms with E-state index < -0.39 is 0 Å². The van der Waals surface area contributed by atoms with E-state index in [2.05, 4.69) is 5.32 Å². The topological polar surface area (TPSA) is 78.3 Å². The van der Waals surface area contributed by atoms with Gasteiger partial charge < -0.3 is 24.4 Å². The number of aryl methyl sites for hydroxylation is 1. The minimum atomic E-state index is -0.375. The summed E-state index contributed by atoms with van der Waals surface area (Å²) in [5.41, 5.74) is 3.26. The highest BCUT2D eigenvalue weighted by Crippen LogP contribution is 2.29. The highest BCUT2D eigenvalue weighted by molar-refractivity contribution is 5.93. The van der Waals surface area contributed by atoms with Gasteiger partial charge in [0.1, 0.15) is 6.54 Å². The van der Waals surface area contributed by atoms with Crippen molar-refractivity contribution in [1.29, 1.82) is 0 Å². The SMILES string of the molecule is CCOC(=O)c1ccc(NC(=O)C[NH+](C)Cc2cc(OC)c(OC)cc2C)cc1. The number of benzene rings is 2. The van der Waals surface area contributed by atoms with Crippen molar-refractivity contribution < 1.29 is 28.7 Å². The molecule has 7 nitrogen and oxygen atoms in total. The average molecular weight is 401 g/mol. The van der Waals surface area contributed by atoms with Crippen LogP contribution in [0, 0.1) is 6.92 Å². The van der Waals surface area contributed by atoms with Crippen molar-refractivity contribution in [2.24, 2.45) is 0 Å². The lowest BCUT2D eigenvalue weighted by atomic mass is 10.1. The van der Waals surface area contributed by atoms with Gasteiger partial charge in [0.05, 0.1) is 33.4 Å². The number of methoxy groups -OCH3 is 2. The number of likely N-dealkylation sites (N-methyl/N-ethyl adjacent to an activating group) is 1. The molecule has 0 aromatic heterocycles. The van der Waals surface area contributed by atoms with Crippen LogP contribution < -0.4 is 19.7 Å². The van der Waals surface area contributed by atoms with E-state index in [0.717, 1.165) is 16.0 Å². The first-order valence-corrected chi connectivity index (χ1v) is 9.47. The number of esters is 1. The molecule has 29 heavy (non-hydrogen) atoms. The van der Waals surface area contributed by atoms with Crippen LogP contribution in [0.5, 0.6) is 11.5 Å². The standard InChI is InChI=1S/C22H28N2O5/c1-6-29-22(26)16-7-9-18(10-8-16)23-21(25)14-24(3)13-17-12-20(28-5)19(27-4)11-15(17)2/h7-12H,6,13-14H2,1-5H3,(H,23,25)/p+1. The molecule has 7 heteroatoms. The second kappa shape index (κ2) is 10.5. The Morgan fingerprint density at radius 3 is 2.24 bits per heavy atom. The van der Waals surface area contributed by atoms with Gasteiger partial charge in [-0.1, -0.05) is 0 Å². The summed E-state index contributed by atoms with van der Waals surface area (Å²) in [7, 11) is 5.17. The molecule has 0 heterocycles. The molecule has 1 atom stereocenters. The molecule has 2 rings (SSSR count). The van der Waals surface area contributed by atoms with Gasteiger partial charge in [0, 0.05) is 11.3 Å². The van der Waals surface area contributed by atoms with Gasteiger partial charge in [-0.05, 0) is 55.8 Å². The highest BCUT2D eigenvalue weighted by atomic mass is 16.5. The zero-order valence-electron chi connectivity index (χ0n) is 17.6. The first kappa shape index (κ1) is 22.2. The summed E-state index contributed by atoms with van der Waals surface area (Å²) in [5.74, 6) is 0.881. The van der Waals surface area contributed by atoms with Crippen molar-refractivity contribution in [2.75, 3.05) is 39.7 Å². The highest BCUT2D eigenvalue weighted by Gasteiger charge is 2.15. The molecule has 1 amide bonds. The van der Waals surface area contributed by atoms with Crippen molar-refractivity contribution in [3.8, 4) is 11.5 Å². The zero-order valence-corrected chi connectivity index (χ0v) is 17.6. The van der Waals surface area contributed by atoms with E-state index in [-0.39, 0.29) is 11.9 Å².